The Morgan fingerprint density at radius 2 is 0.897 bits per heavy atom. The minimum absolute atomic E-state index is 0.173. The SMILES string of the molecule is CCc1cc(O)c(CC)c(CC)c1S(=O)(=O)c1c(CC)cc(O)c(CC)c1CC. The van der Waals surface area contributed by atoms with E-state index in [0.29, 0.717) is 81.7 Å². The lowest BCUT2D eigenvalue weighted by Gasteiger charge is -2.23. The highest BCUT2D eigenvalue weighted by Crippen LogP contribution is 2.40. The topological polar surface area (TPSA) is 74.6 Å². The predicted octanol–water partition coefficient (Wildman–Crippen LogP) is 5.31. The molecule has 0 heterocycles. The first-order chi connectivity index (χ1) is 13.7. The van der Waals surface area contributed by atoms with E-state index in [2.05, 4.69) is 0 Å². The van der Waals surface area contributed by atoms with Crippen molar-refractivity contribution in [3.05, 3.63) is 45.5 Å². The maximum Gasteiger partial charge on any atom is 0.207 e. The molecule has 2 aromatic carbocycles. The molecule has 0 fully saturated rings. The van der Waals surface area contributed by atoms with Gasteiger partial charge in [0.05, 0.1) is 9.79 Å². The van der Waals surface area contributed by atoms with Crippen molar-refractivity contribution in [1.82, 2.24) is 0 Å². The molecule has 2 N–H and O–H groups in total. The maximum atomic E-state index is 14.1. The lowest BCUT2D eigenvalue weighted by Crippen LogP contribution is -2.16. The smallest absolute Gasteiger partial charge is 0.207 e. The van der Waals surface area contributed by atoms with E-state index >= 15 is 0 Å². The van der Waals surface area contributed by atoms with Gasteiger partial charge in [0.2, 0.25) is 9.84 Å². The van der Waals surface area contributed by atoms with Crippen molar-refractivity contribution in [2.45, 2.75) is 89.9 Å². The van der Waals surface area contributed by atoms with Gasteiger partial charge in [-0.25, -0.2) is 8.42 Å². The molecule has 160 valence electrons. The summed E-state index contributed by atoms with van der Waals surface area (Å²) >= 11 is 0. The van der Waals surface area contributed by atoms with E-state index in [4.69, 9.17) is 0 Å². The van der Waals surface area contributed by atoms with E-state index in [1.807, 2.05) is 41.5 Å². The number of aryl methyl sites for hydroxylation is 2. The first-order valence-electron chi connectivity index (χ1n) is 10.7. The third-order valence-electron chi connectivity index (χ3n) is 5.81. The number of sulfone groups is 1. The Balaban J connectivity index is 3.06. The average molecular weight is 419 g/mol. The van der Waals surface area contributed by atoms with Crippen molar-refractivity contribution in [2.75, 3.05) is 0 Å². The van der Waals surface area contributed by atoms with Gasteiger partial charge in [0.1, 0.15) is 11.5 Å². The maximum absolute atomic E-state index is 14.1. The summed E-state index contributed by atoms with van der Waals surface area (Å²) in [5, 5.41) is 21.0. The van der Waals surface area contributed by atoms with Crippen LogP contribution in [-0.4, -0.2) is 18.6 Å². The number of phenolic OH excluding ortho intramolecular Hbond substituents is 2. The zero-order valence-electron chi connectivity index (χ0n) is 18.5. The number of aromatic hydroxyl groups is 2. The Kier molecular flexibility index (Phi) is 7.39. The molecule has 2 aromatic rings. The number of phenols is 2. The van der Waals surface area contributed by atoms with Crippen LogP contribution in [0, 0.1) is 0 Å². The molecule has 0 aromatic heterocycles. The highest BCUT2D eigenvalue weighted by atomic mass is 32.2. The molecule has 0 spiro atoms. The molecule has 5 heteroatoms. The fourth-order valence-corrected chi connectivity index (χ4v) is 6.92. The molecule has 4 nitrogen and oxygen atoms in total. The summed E-state index contributed by atoms with van der Waals surface area (Å²) in [5.74, 6) is 0.345. The van der Waals surface area contributed by atoms with Crippen molar-refractivity contribution in [3.8, 4) is 11.5 Å². The first kappa shape index (κ1) is 23.3. The molecule has 0 aliphatic heterocycles. The van der Waals surface area contributed by atoms with Crippen LogP contribution in [0.3, 0.4) is 0 Å². The summed E-state index contributed by atoms with van der Waals surface area (Å²) in [6, 6.07) is 3.23. The van der Waals surface area contributed by atoms with Gasteiger partial charge in [-0.2, -0.15) is 0 Å². The normalized spacial score (nSPS) is 11.8. The number of benzene rings is 2. The van der Waals surface area contributed by atoms with Crippen molar-refractivity contribution in [1.29, 1.82) is 0 Å². The van der Waals surface area contributed by atoms with E-state index < -0.39 is 9.84 Å². The molecule has 0 aliphatic carbocycles. The lowest BCUT2D eigenvalue weighted by molar-refractivity contribution is 0.465. The van der Waals surface area contributed by atoms with Crippen LogP contribution >= 0.6 is 0 Å². The van der Waals surface area contributed by atoms with E-state index in [9.17, 15) is 18.6 Å². The van der Waals surface area contributed by atoms with Gasteiger partial charge >= 0.3 is 0 Å². The van der Waals surface area contributed by atoms with Crippen LogP contribution in [0.4, 0.5) is 0 Å². The standard InChI is InChI=1S/C24H34O4S/c1-7-15-13-21(25)17(9-3)19(11-5)23(15)29(27,28)24-16(8-2)14-22(26)18(10-4)20(24)12-6/h13-14,25-26H,7-12H2,1-6H3. The number of rotatable bonds is 8. The van der Waals surface area contributed by atoms with E-state index in [0.717, 1.165) is 0 Å². The van der Waals surface area contributed by atoms with Crippen LogP contribution < -0.4 is 0 Å². The number of hydrogen-bond donors (Lipinski definition) is 2. The summed E-state index contributed by atoms with van der Waals surface area (Å²) in [4.78, 5) is 0.684. The second kappa shape index (κ2) is 9.21. The van der Waals surface area contributed by atoms with Gasteiger partial charge in [-0.05, 0) is 84.0 Å². The molecule has 0 unspecified atom stereocenters. The molecule has 0 amide bonds. The van der Waals surface area contributed by atoms with Crippen LogP contribution in [0.5, 0.6) is 11.5 Å². The Morgan fingerprint density at radius 3 is 1.14 bits per heavy atom. The number of hydrogen-bond acceptors (Lipinski definition) is 4. The van der Waals surface area contributed by atoms with Gasteiger partial charge in [0.15, 0.2) is 0 Å². The van der Waals surface area contributed by atoms with Gasteiger partial charge in [0.25, 0.3) is 0 Å². The predicted molar refractivity (Wildman–Crippen MR) is 118 cm³/mol. The Labute approximate surface area is 175 Å². The van der Waals surface area contributed by atoms with Gasteiger partial charge < -0.3 is 10.2 Å². The molecule has 0 saturated heterocycles. The first-order valence-corrected chi connectivity index (χ1v) is 12.2. The second-order valence-corrected chi connectivity index (χ2v) is 9.13. The molecular formula is C24H34O4S. The summed E-state index contributed by atoms with van der Waals surface area (Å²) in [6.45, 7) is 11.6. The van der Waals surface area contributed by atoms with E-state index in [-0.39, 0.29) is 11.5 Å². The molecule has 2 rings (SSSR count). The van der Waals surface area contributed by atoms with Gasteiger partial charge in [-0.1, -0.05) is 41.5 Å². The Hall–Kier alpha value is -2.01. The minimum atomic E-state index is -3.83. The van der Waals surface area contributed by atoms with Crippen molar-refractivity contribution in [2.24, 2.45) is 0 Å². The molecule has 29 heavy (non-hydrogen) atoms. The Bertz CT molecular complexity index is 929. The largest absolute Gasteiger partial charge is 0.508 e. The highest BCUT2D eigenvalue weighted by molar-refractivity contribution is 7.91. The van der Waals surface area contributed by atoms with Crippen LogP contribution in [0.2, 0.25) is 0 Å². The fourth-order valence-electron chi connectivity index (χ4n) is 4.44. The van der Waals surface area contributed by atoms with Crippen LogP contribution in [0.1, 0.15) is 74.9 Å². The third kappa shape index (κ3) is 3.89. The van der Waals surface area contributed by atoms with Crippen molar-refractivity contribution < 1.29 is 18.6 Å². The summed E-state index contributed by atoms with van der Waals surface area (Å²) in [5.41, 5.74) is 4.11. The van der Waals surface area contributed by atoms with Crippen LogP contribution in [-0.2, 0) is 48.4 Å². The van der Waals surface area contributed by atoms with E-state index in [1.165, 1.54) is 0 Å². The van der Waals surface area contributed by atoms with E-state index in [1.54, 1.807) is 12.1 Å². The van der Waals surface area contributed by atoms with Gasteiger partial charge in [-0.3, -0.25) is 0 Å². The van der Waals surface area contributed by atoms with Gasteiger partial charge in [-0.15, -0.1) is 0 Å². The molecule has 0 aliphatic rings. The highest BCUT2D eigenvalue weighted by Gasteiger charge is 2.32. The third-order valence-corrected chi connectivity index (χ3v) is 7.91. The zero-order valence-corrected chi connectivity index (χ0v) is 19.3. The fraction of sp³-hybridized carbons (Fsp3) is 0.500. The monoisotopic (exact) mass is 418 g/mol. The lowest BCUT2D eigenvalue weighted by atomic mass is 9.97. The minimum Gasteiger partial charge on any atom is -0.508 e. The molecule has 0 radical (unpaired) electrons. The molecule has 0 saturated carbocycles. The molecule has 0 atom stereocenters. The van der Waals surface area contributed by atoms with Crippen molar-refractivity contribution >= 4 is 9.84 Å². The average Bonchev–Trinajstić information content (AvgIpc) is 2.70. The van der Waals surface area contributed by atoms with Crippen LogP contribution in [0.15, 0.2) is 21.9 Å². The zero-order chi connectivity index (χ0) is 21.9. The summed E-state index contributed by atoms with van der Waals surface area (Å²) in [6.07, 6.45) is 3.22. The second-order valence-electron chi connectivity index (χ2n) is 7.31. The molecular weight excluding hydrogens is 384 g/mol. The quantitative estimate of drug-likeness (QED) is 0.610. The summed E-state index contributed by atoms with van der Waals surface area (Å²) in [7, 11) is -3.83. The van der Waals surface area contributed by atoms with Crippen LogP contribution in [0.25, 0.3) is 0 Å². The summed E-state index contributed by atoms with van der Waals surface area (Å²) < 4.78 is 28.3. The molecule has 0 bridgehead atoms. The van der Waals surface area contributed by atoms with Gasteiger partial charge in [0, 0.05) is 0 Å². The Morgan fingerprint density at radius 1 is 0.586 bits per heavy atom. The van der Waals surface area contributed by atoms with Crippen molar-refractivity contribution in [3.63, 3.8) is 0 Å².